The van der Waals surface area contributed by atoms with Gasteiger partial charge in [0.05, 0.1) is 11.0 Å². The summed E-state index contributed by atoms with van der Waals surface area (Å²) in [7, 11) is 0. The van der Waals surface area contributed by atoms with Crippen LogP contribution in [0.5, 0.6) is 0 Å². The zero-order chi connectivity index (χ0) is 17.1. The van der Waals surface area contributed by atoms with Crippen LogP contribution in [0.3, 0.4) is 0 Å². The molecule has 1 amide bonds. The second-order valence-corrected chi connectivity index (χ2v) is 7.21. The van der Waals surface area contributed by atoms with Crippen LogP contribution in [0.4, 0.5) is 5.95 Å². The average molecular weight is 354 g/mol. The van der Waals surface area contributed by atoms with Crippen molar-refractivity contribution in [2.45, 2.75) is 19.3 Å². The molecule has 3 heterocycles. The lowest BCUT2D eigenvalue weighted by molar-refractivity contribution is -0.130. The molecule has 6 heteroatoms. The van der Waals surface area contributed by atoms with Gasteiger partial charge in [-0.3, -0.25) is 4.79 Å². The third-order valence-electron chi connectivity index (χ3n) is 4.73. The van der Waals surface area contributed by atoms with Crippen molar-refractivity contribution in [3.05, 3.63) is 46.7 Å². The van der Waals surface area contributed by atoms with E-state index in [1.807, 2.05) is 29.2 Å². The second-order valence-electron chi connectivity index (χ2n) is 6.43. The molecule has 0 spiro atoms. The van der Waals surface area contributed by atoms with Gasteiger partial charge in [0.25, 0.3) is 0 Å². The fourth-order valence-corrected chi connectivity index (χ4v) is 4.02. The molecule has 130 valence electrons. The molecule has 0 radical (unpaired) electrons. The third kappa shape index (κ3) is 3.69. The van der Waals surface area contributed by atoms with E-state index in [9.17, 15) is 4.79 Å². The molecule has 0 saturated carbocycles. The zero-order valence-corrected chi connectivity index (χ0v) is 15.0. The summed E-state index contributed by atoms with van der Waals surface area (Å²) in [6, 6.07) is 10.2. The molecule has 0 aliphatic carbocycles. The SMILES string of the molecule is O=C(CCc1ccsc1)N1CCCN(c2nc3ccccc3[nH]2)CC1. The Morgan fingerprint density at radius 3 is 2.92 bits per heavy atom. The molecule has 1 N–H and O–H groups in total. The van der Waals surface area contributed by atoms with E-state index in [1.165, 1.54) is 5.56 Å². The van der Waals surface area contributed by atoms with Crippen LogP contribution in [0.15, 0.2) is 41.1 Å². The first-order chi connectivity index (χ1) is 12.3. The maximum atomic E-state index is 12.5. The molecule has 0 atom stereocenters. The van der Waals surface area contributed by atoms with Crippen LogP contribution in [-0.4, -0.2) is 47.0 Å². The van der Waals surface area contributed by atoms with Gasteiger partial charge < -0.3 is 14.8 Å². The molecule has 1 saturated heterocycles. The van der Waals surface area contributed by atoms with Crippen molar-refractivity contribution in [1.29, 1.82) is 0 Å². The summed E-state index contributed by atoms with van der Waals surface area (Å²) in [6.45, 7) is 3.34. The van der Waals surface area contributed by atoms with Crippen molar-refractivity contribution in [1.82, 2.24) is 14.9 Å². The maximum Gasteiger partial charge on any atom is 0.222 e. The van der Waals surface area contributed by atoms with Crippen molar-refractivity contribution < 1.29 is 4.79 Å². The van der Waals surface area contributed by atoms with Crippen molar-refractivity contribution in [2.24, 2.45) is 0 Å². The Morgan fingerprint density at radius 1 is 1.16 bits per heavy atom. The first-order valence-electron chi connectivity index (χ1n) is 8.78. The summed E-state index contributed by atoms with van der Waals surface area (Å²) in [6.07, 6.45) is 2.41. The summed E-state index contributed by atoms with van der Waals surface area (Å²) in [4.78, 5) is 24.9. The van der Waals surface area contributed by atoms with Crippen LogP contribution < -0.4 is 4.90 Å². The first-order valence-corrected chi connectivity index (χ1v) is 9.72. The molecule has 2 aromatic heterocycles. The number of nitrogens with one attached hydrogen (secondary N) is 1. The van der Waals surface area contributed by atoms with E-state index >= 15 is 0 Å². The van der Waals surface area contributed by atoms with E-state index < -0.39 is 0 Å². The lowest BCUT2D eigenvalue weighted by Gasteiger charge is -2.21. The Balaban J connectivity index is 1.37. The van der Waals surface area contributed by atoms with Gasteiger partial charge in [-0.1, -0.05) is 12.1 Å². The van der Waals surface area contributed by atoms with Gasteiger partial charge in [-0.2, -0.15) is 11.3 Å². The van der Waals surface area contributed by atoms with Crippen molar-refractivity contribution in [2.75, 3.05) is 31.1 Å². The van der Waals surface area contributed by atoms with Gasteiger partial charge in [0.2, 0.25) is 11.9 Å². The quantitative estimate of drug-likeness (QED) is 0.782. The van der Waals surface area contributed by atoms with Crippen molar-refractivity contribution >= 4 is 34.2 Å². The molecule has 25 heavy (non-hydrogen) atoms. The Labute approximate surface area is 151 Å². The number of amides is 1. The monoisotopic (exact) mass is 354 g/mol. The number of fused-ring (bicyclic) bond motifs is 1. The minimum atomic E-state index is 0.262. The number of benzene rings is 1. The molecule has 1 aromatic carbocycles. The molecule has 0 bridgehead atoms. The Kier molecular flexibility index (Phi) is 4.70. The van der Waals surface area contributed by atoms with Gasteiger partial charge in [0.1, 0.15) is 0 Å². The molecule has 4 rings (SSSR count). The fourth-order valence-electron chi connectivity index (χ4n) is 3.31. The van der Waals surface area contributed by atoms with Gasteiger partial charge >= 0.3 is 0 Å². The van der Waals surface area contributed by atoms with E-state index in [2.05, 4.69) is 31.7 Å². The topological polar surface area (TPSA) is 52.2 Å². The largest absolute Gasteiger partial charge is 0.341 e. The Hall–Kier alpha value is -2.34. The summed E-state index contributed by atoms with van der Waals surface area (Å²) in [5.74, 6) is 1.17. The lowest BCUT2D eigenvalue weighted by Crippen LogP contribution is -2.35. The Morgan fingerprint density at radius 2 is 2.08 bits per heavy atom. The number of nitrogens with zero attached hydrogens (tertiary/aromatic N) is 3. The van der Waals surface area contributed by atoms with Crippen LogP contribution in [0.1, 0.15) is 18.4 Å². The highest BCUT2D eigenvalue weighted by molar-refractivity contribution is 7.07. The molecule has 0 unspecified atom stereocenters. The third-order valence-corrected chi connectivity index (χ3v) is 5.46. The van der Waals surface area contributed by atoms with Crippen molar-refractivity contribution in [3.63, 3.8) is 0 Å². The number of rotatable bonds is 4. The van der Waals surface area contributed by atoms with Crippen LogP contribution in [-0.2, 0) is 11.2 Å². The molecule has 1 aliphatic rings. The van der Waals surface area contributed by atoms with E-state index in [-0.39, 0.29) is 5.91 Å². The standard InChI is InChI=1S/C19H22N4OS/c24-18(7-6-15-8-13-25-14-15)22-9-3-10-23(12-11-22)19-20-16-4-1-2-5-17(16)21-19/h1-2,4-5,8,13-14H,3,6-7,9-12H2,(H,20,21). The number of hydrogen-bond donors (Lipinski definition) is 1. The average Bonchev–Trinajstić information content (AvgIpc) is 3.23. The molecule has 1 fully saturated rings. The Bertz CT molecular complexity index is 809. The van der Waals surface area contributed by atoms with Crippen LogP contribution in [0, 0.1) is 0 Å². The number of thiophene rings is 1. The zero-order valence-electron chi connectivity index (χ0n) is 14.1. The van der Waals surface area contributed by atoms with Gasteiger partial charge in [-0.05, 0) is 47.4 Å². The second kappa shape index (κ2) is 7.27. The first kappa shape index (κ1) is 16.1. The van der Waals surface area contributed by atoms with Gasteiger partial charge in [0.15, 0.2) is 0 Å². The van der Waals surface area contributed by atoms with Gasteiger partial charge in [-0.25, -0.2) is 4.98 Å². The lowest BCUT2D eigenvalue weighted by atomic mass is 10.2. The molecule has 1 aliphatic heterocycles. The number of H-pyrrole nitrogens is 1. The molecule has 5 nitrogen and oxygen atoms in total. The number of hydrogen-bond acceptors (Lipinski definition) is 4. The van der Waals surface area contributed by atoms with Crippen LogP contribution >= 0.6 is 11.3 Å². The summed E-state index contributed by atoms with van der Waals surface area (Å²) in [5.41, 5.74) is 3.31. The normalized spacial score (nSPS) is 15.5. The summed E-state index contributed by atoms with van der Waals surface area (Å²) < 4.78 is 0. The minimum Gasteiger partial charge on any atom is -0.341 e. The maximum absolute atomic E-state index is 12.5. The molecular weight excluding hydrogens is 332 g/mol. The predicted octanol–water partition coefficient (Wildman–Crippen LogP) is 3.30. The number of carbonyl (C=O) groups excluding carboxylic acids is 1. The van der Waals surface area contributed by atoms with E-state index in [4.69, 9.17) is 0 Å². The van der Waals surface area contributed by atoms with Crippen molar-refractivity contribution in [3.8, 4) is 0 Å². The van der Waals surface area contributed by atoms with Gasteiger partial charge in [0, 0.05) is 32.6 Å². The van der Waals surface area contributed by atoms with Crippen LogP contribution in [0.25, 0.3) is 11.0 Å². The minimum absolute atomic E-state index is 0.262. The number of aromatic nitrogens is 2. The fraction of sp³-hybridized carbons (Fsp3) is 0.368. The number of carbonyl (C=O) groups is 1. The van der Waals surface area contributed by atoms with E-state index in [0.29, 0.717) is 6.42 Å². The number of aryl methyl sites for hydroxylation is 1. The van der Waals surface area contributed by atoms with Gasteiger partial charge in [-0.15, -0.1) is 0 Å². The van der Waals surface area contributed by atoms with E-state index in [1.54, 1.807) is 11.3 Å². The van der Waals surface area contributed by atoms with E-state index in [0.717, 1.165) is 56.0 Å². The molecule has 3 aromatic rings. The smallest absolute Gasteiger partial charge is 0.222 e. The van der Waals surface area contributed by atoms with Crippen LogP contribution in [0.2, 0.25) is 0 Å². The highest BCUT2D eigenvalue weighted by Gasteiger charge is 2.20. The highest BCUT2D eigenvalue weighted by Crippen LogP contribution is 2.19. The number of aromatic amines is 1. The predicted molar refractivity (Wildman–Crippen MR) is 102 cm³/mol. The summed E-state index contributed by atoms with van der Waals surface area (Å²) >= 11 is 1.69. The molecular formula is C19H22N4OS. The highest BCUT2D eigenvalue weighted by atomic mass is 32.1. The number of anilines is 1. The number of imidazole rings is 1. The summed E-state index contributed by atoms with van der Waals surface area (Å²) in [5, 5.41) is 4.19. The number of para-hydroxylation sites is 2.